The molecule has 2 heteroatoms. The second-order valence-corrected chi connectivity index (χ2v) is 9.41. The summed E-state index contributed by atoms with van der Waals surface area (Å²) < 4.78 is 2.21. The Bertz CT molecular complexity index is 1430. The Kier molecular flexibility index (Phi) is 3.80. The molecule has 0 aliphatic heterocycles. The number of fused-ring (bicyclic) bond motifs is 6. The summed E-state index contributed by atoms with van der Waals surface area (Å²) in [5, 5.41) is 0. The molecule has 1 heterocycles. The highest BCUT2D eigenvalue weighted by atomic mass is 15.0. The van der Waals surface area contributed by atoms with Gasteiger partial charge in [-0.2, -0.15) is 0 Å². The molecule has 0 unspecified atom stereocenters. The molecule has 0 saturated carbocycles. The van der Waals surface area contributed by atoms with Crippen LogP contribution in [0.25, 0.3) is 33.6 Å². The predicted molar refractivity (Wildman–Crippen MR) is 126 cm³/mol. The fraction of sp³-hybridized carbons (Fsp3) is 0.241. The maximum absolute atomic E-state index is 4.92. The van der Waals surface area contributed by atoms with Crippen LogP contribution in [-0.2, 0) is 19.9 Å². The van der Waals surface area contributed by atoms with Gasteiger partial charge in [0.25, 0.3) is 6.33 Å². The molecule has 0 fully saturated rings. The average Bonchev–Trinajstić information content (AvgIpc) is 3.27. The van der Waals surface area contributed by atoms with Gasteiger partial charge in [-0.05, 0) is 102 Å². The molecular formula is C29H27N2+. The largest absolute Gasteiger partial charge is 0.287 e. The minimum Gasteiger partial charge on any atom is -0.232 e. The van der Waals surface area contributed by atoms with E-state index in [1.165, 1.54) is 72.5 Å². The third kappa shape index (κ3) is 2.57. The second kappa shape index (κ2) is 6.37. The molecule has 1 aromatic heterocycles. The van der Waals surface area contributed by atoms with Crippen molar-refractivity contribution in [2.75, 3.05) is 0 Å². The summed E-state index contributed by atoms with van der Waals surface area (Å²) in [4.78, 5) is 4.92. The minimum absolute atomic E-state index is 0.947. The van der Waals surface area contributed by atoms with E-state index in [-0.39, 0.29) is 0 Å². The van der Waals surface area contributed by atoms with Crippen molar-refractivity contribution in [1.82, 2.24) is 4.98 Å². The highest BCUT2D eigenvalue weighted by Gasteiger charge is 2.33. The van der Waals surface area contributed by atoms with Gasteiger partial charge < -0.3 is 0 Å². The van der Waals surface area contributed by atoms with Gasteiger partial charge >= 0.3 is 0 Å². The van der Waals surface area contributed by atoms with Gasteiger partial charge in [-0.15, -0.1) is 0 Å². The predicted octanol–water partition coefficient (Wildman–Crippen LogP) is 5.95. The van der Waals surface area contributed by atoms with E-state index >= 15 is 0 Å². The maximum Gasteiger partial charge on any atom is 0.287 e. The summed E-state index contributed by atoms with van der Waals surface area (Å²) in [6.07, 6.45) is 3.97. The van der Waals surface area contributed by atoms with Gasteiger partial charge in [-0.3, -0.25) is 0 Å². The number of hydrogen-bond acceptors (Lipinski definition) is 1. The van der Waals surface area contributed by atoms with Crippen LogP contribution in [0, 0.1) is 27.7 Å². The number of rotatable bonds is 1. The van der Waals surface area contributed by atoms with Crippen molar-refractivity contribution in [1.29, 1.82) is 0 Å². The quantitative estimate of drug-likeness (QED) is 0.310. The van der Waals surface area contributed by atoms with Crippen LogP contribution in [0.2, 0.25) is 0 Å². The fourth-order valence-electron chi connectivity index (χ4n) is 5.73. The monoisotopic (exact) mass is 403 g/mol. The van der Waals surface area contributed by atoms with Gasteiger partial charge in [0.05, 0.1) is 12.6 Å². The highest BCUT2D eigenvalue weighted by molar-refractivity contribution is 5.87. The fourth-order valence-corrected chi connectivity index (χ4v) is 5.73. The third-order valence-electron chi connectivity index (χ3n) is 7.31. The Hall–Kier alpha value is -3.26. The normalized spacial score (nSPS) is 13.1. The number of hydrogen-bond donors (Lipinski definition) is 0. The number of benzene rings is 3. The molecule has 0 N–H and O–H groups in total. The topological polar surface area (TPSA) is 16.8 Å². The number of aryl methyl sites for hydroxylation is 4. The number of nitrogens with zero attached hydrogens (tertiary/aromatic N) is 2. The summed E-state index contributed by atoms with van der Waals surface area (Å²) >= 11 is 0. The molecule has 0 radical (unpaired) electrons. The molecule has 2 nitrogen and oxygen atoms in total. The zero-order valence-corrected chi connectivity index (χ0v) is 18.9. The molecule has 31 heavy (non-hydrogen) atoms. The Morgan fingerprint density at radius 1 is 0.774 bits per heavy atom. The lowest BCUT2D eigenvalue weighted by Gasteiger charge is -2.13. The number of aromatic nitrogens is 2. The van der Waals surface area contributed by atoms with Crippen LogP contribution in [-0.4, -0.2) is 4.98 Å². The van der Waals surface area contributed by atoms with Crippen LogP contribution < -0.4 is 4.57 Å². The lowest BCUT2D eigenvalue weighted by molar-refractivity contribution is -0.663. The first-order chi connectivity index (χ1) is 14.9. The van der Waals surface area contributed by atoms with Crippen molar-refractivity contribution in [2.45, 2.75) is 40.5 Å². The third-order valence-corrected chi connectivity index (χ3v) is 7.31. The van der Waals surface area contributed by atoms with E-state index in [1.807, 2.05) is 6.33 Å². The van der Waals surface area contributed by atoms with Gasteiger partial charge in [0.2, 0.25) is 0 Å². The van der Waals surface area contributed by atoms with Crippen molar-refractivity contribution in [2.24, 2.45) is 7.05 Å². The molecule has 152 valence electrons. The lowest BCUT2D eigenvalue weighted by Crippen LogP contribution is -2.33. The zero-order valence-electron chi connectivity index (χ0n) is 18.9. The SMILES string of the molecule is Cc1cc(C)c(C)c(-c2c3c(nc[n+]2C)-c2cc4c(cc2C3)-c2c(C)cccc2C4)c1. The second-order valence-electron chi connectivity index (χ2n) is 9.41. The summed E-state index contributed by atoms with van der Waals surface area (Å²) in [6, 6.07) is 16.2. The van der Waals surface area contributed by atoms with E-state index < -0.39 is 0 Å². The zero-order chi connectivity index (χ0) is 21.4. The average molecular weight is 404 g/mol. The molecule has 4 aromatic rings. The Morgan fingerprint density at radius 3 is 2.39 bits per heavy atom. The Morgan fingerprint density at radius 2 is 1.55 bits per heavy atom. The van der Waals surface area contributed by atoms with Crippen LogP contribution in [0.3, 0.4) is 0 Å². The van der Waals surface area contributed by atoms with Crippen molar-refractivity contribution in [3.63, 3.8) is 0 Å². The molecule has 0 spiro atoms. The summed E-state index contributed by atoms with van der Waals surface area (Å²) in [6.45, 7) is 8.88. The van der Waals surface area contributed by atoms with Gasteiger partial charge in [0.1, 0.15) is 5.69 Å². The molecule has 6 rings (SSSR count). The molecule has 0 atom stereocenters. The van der Waals surface area contributed by atoms with E-state index in [9.17, 15) is 0 Å². The minimum atomic E-state index is 0.947. The van der Waals surface area contributed by atoms with Gasteiger partial charge in [0, 0.05) is 17.5 Å². The molecule has 0 saturated heterocycles. The van der Waals surface area contributed by atoms with Gasteiger partial charge in [0.15, 0.2) is 5.69 Å². The first kappa shape index (κ1) is 18.5. The standard InChI is InChI=1S/C29H27N2/c1-16-9-18(3)19(4)23(10-16)29-26-14-22-12-24-21(11-20-8-6-7-17(2)27(20)24)13-25(22)28(26)30-15-31(29)5/h6-10,12-13,15H,11,14H2,1-5H3/q+1. The van der Waals surface area contributed by atoms with Crippen LogP contribution in [0.4, 0.5) is 0 Å². The maximum atomic E-state index is 4.92. The molecule has 3 aromatic carbocycles. The van der Waals surface area contributed by atoms with E-state index in [2.05, 4.69) is 81.8 Å². The van der Waals surface area contributed by atoms with Gasteiger partial charge in [-0.25, -0.2) is 4.57 Å². The van der Waals surface area contributed by atoms with E-state index in [0.717, 1.165) is 18.5 Å². The van der Waals surface area contributed by atoms with E-state index in [0.29, 0.717) is 0 Å². The molecular weight excluding hydrogens is 376 g/mol. The lowest BCUT2D eigenvalue weighted by atomic mass is 9.94. The van der Waals surface area contributed by atoms with E-state index in [4.69, 9.17) is 4.98 Å². The Labute approximate surface area is 184 Å². The van der Waals surface area contributed by atoms with Crippen molar-refractivity contribution in [3.05, 3.63) is 93.3 Å². The first-order valence-electron chi connectivity index (χ1n) is 11.1. The summed E-state index contributed by atoms with van der Waals surface area (Å²) in [5.74, 6) is 0. The highest BCUT2D eigenvalue weighted by Crippen LogP contribution is 2.46. The molecule has 0 bridgehead atoms. The smallest absolute Gasteiger partial charge is 0.232 e. The van der Waals surface area contributed by atoms with Crippen LogP contribution in [0.15, 0.2) is 48.8 Å². The summed E-state index contributed by atoms with van der Waals surface area (Å²) in [5.41, 5.74) is 19.1. The van der Waals surface area contributed by atoms with E-state index in [1.54, 1.807) is 0 Å². The Balaban J connectivity index is 1.56. The molecule has 2 aliphatic rings. The van der Waals surface area contributed by atoms with Crippen molar-refractivity contribution in [3.8, 4) is 33.6 Å². The molecule has 2 aliphatic carbocycles. The van der Waals surface area contributed by atoms with Crippen LogP contribution in [0.1, 0.15) is 44.5 Å². The molecule has 0 amide bonds. The van der Waals surface area contributed by atoms with Crippen molar-refractivity contribution >= 4 is 0 Å². The first-order valence-corrected chi connectivity index (χ1v) is 11.1. The van der Waals surface area contributed by atoms with Gasteiger partial charge in [-0.1, -0.05) is 29.8 Å². The van der Waals surface area contributed by atoms with Crippen LogP contribution in [0.5, 0.6) is 0 Å². The van der Waals surface area contributed by atoms with Crippen LogP contribution >= 0.6 is 0 Å². The van der Waals surface area contributed by atoms with Crippen molar-refractivity contribution < 1.29 is 4.57 Å². The summed E-state index contributed by atoms with van der Waals surface area (Å²) in [7, 11) is 2.13.